The van der Waals surface area contributed by atoms with Gasteiger partial charge in [-0.1, -0.05) is 30.6 Å². The minimum Gasteiger partial charge on any atom is -0.497 e. The highest BCUT2D eigenvalue weighted by molar-refractivity contribution is 5.78. The summed E-state index contributed by atoms with van der Waals surface area (Å²) in [4.78, 5) is 0. The molecule has 0 aliphatic heterocycles. The van der Waals surface area contributed by atoms with Crippen LogP contribution in [0.1, 0.15) is 11.1 Å². The second kappa shape index (κ2) is 6.49. The Morgan fingerprint density at radius 2 is 1.35 bits per heavy atom. The van der Waals surface area contributed by atoms with Crippen LogP contribution in [0.3, 0.4) is 0 Å². The molecule has 0 radical (unpaired) electrons. The normalized spacial score (nSPS) is 9.30. The zero-order valence-electron chi connectivity index (χ0n) is 11.6. The van der Waals surface area contributed by atoms with Gasteiger partial charge < -0.3 is 9.47 Å². The molecule has 0 bridgehead atoms. The third-order valence-electron chi connectivity index (χ3n) is 2.89. The van der Waals surface area contributed by atoms with Crippen LogP contribution in [0, 0.1) is 11.8 Å². The van der Waals surface area contributed by atoms with E-state index >= 15 is 0 Å². The van der Waals surface area contributed by atoms with Gasteiger partial charge in [0.2, 0.25) is 0 Å². The molecule has 100 valence electrons. The molecule has 0 spiro atoms. The Kier molecular flexibility index (Phi) is 4.47. The smallest absolute Gasteiger partial charge is 0.118 e. The van der Waals surface area contributed by atoms with E-state index in [0.29, 0.717) is 0 Å². The third kappa shape index (κ3) is 3.43. The van der Waals surface area contributed by atoms with Crippen LogP contribution in [0.25, 0.3) is 5.57 Å². The zero-order valence-corrected chi connectivity index (χ0v) is 11.6. The van der Waals surface area contributed by atoms with Crippen molar-refractivity contribution in [2.75, 3.05) is 14.2 Å². The first-order valence-electron chi connectivity index (χ1n) is 6.22. The van der Waals surface area contributed by atoms with Gasteiger partial charge in [0.25, 0.3) is 0 Å². The Balaban J connectivity index is 2.12. The molecule has 2 heteroatoms. The standard InChI is InChI=1S/C18H16O2/c1-14(16-8-12-18(20-3)13-9-16)4-5-15-6-10-17(19-2)11-7-15/h6-13H,1H2,2-3H3. The lowest BCUT2D eigenvalue weighted by molar-refractivity contribution is 0.414. The van der Waals surface area contributed by atoms with Gasteiger partial charge in [-0.25, -0.2) is 0 Å². The maximum Gasteiger partial charge on any atom is 0.118 e. The summed E-state index contributed by atoms with van der Waals surface area (Å²) in [6.45, 7) is 3.99. The fourth-order valence-electron chi connectivity index (χ4n) is 1.69. The molecular weight excluding hydrogens is 248 g/mol. The summed E-state index contributed by atoms with van der Waals surface area (Å²) in [6.07, 6.45) is 0. The van der Waals surface area contributed by atoms with Gasteiger partial charge in [0.15, 0.2) is 0 Å². The molecule has 0 aliphatic rings. The molecule has 0 atom stereocenters. The maximum absolute atomic E-state index is 5.12. The Morgan fingerprint density at radius 3 is 1.85 bits per heavy atom. The second-order valence-corrected chi connectivity index (χ2v) is 4.19. The van der Waals surface area contributed by atoms with Crippen LogP contribution in [0.2, 0.25) is 0 Å². The average Bonchev–Trinajstić information content (AvgIpc) is 2.53. The third-order valence-corrected chi connectivity index (χ3v) is 2.89. The van der Waals surface area contributed by atoms with E-state index in [1.165, 1.54) is 0 Å². The van der Waals surface area contributed by atoms with E-state index in [2.05, 4.69) is 18.4 Å². The van der Waals surface area contributed by atoms with Crippen molar-refractivity contribution in [1.82, 2.24) is 0 Å². The summed E-state index contributed by atoms with van der Waals surface area (Å²) in [5.41, 5.74) is 2.70. The Morgan fingerprint density at radius 1 is 0.850 bits per heavy atom. The van der Waals surface area contributed by atoms with Crippen molar-refractivity contribution in [3.63, 3.8) is 0 Å². The van der Waals surface area contributed by atoms with Gasteiger partial charge in [0, 0.05) is 11.1 Å². The highest BCUT2D eigenvalue weighted by atomic mass is 16.5. The minimum atomic E-state index is 0.781. The quantitative estimate of drug-likeness (QED) is 0.786. The van der Waals surface area contributed by atoms with Crippen LogP contribution in [0.4, 0.5) is 0 Å². The number of rotatable bonds is 3. The molecule has 0 unspecified atom stereocenters. The number of methoxy groups -OCH3 is 2. The highest BCUT2D eigenvalue weighted by Crippen LogP contribution is 2.17. The Hall–Kier alpha value is -2.66. The molecule has 2 aromatic carbocycles. The van der Waals surface area contributed by atoms with Crippen molar-refractivity contribution >= 4 is 5.57 Å². The Labute approximate surface area is 119 Å². The van der Waals surface area contributed by atoms with Crippen molar-refractivity contribution in [3.05, 3.63) is 66.2 Å². The number of hydrogen-bond acceptors (Lipinski definition) is 2. The SMILES string of the molecule is C=C(C#Cc1ccc(OC)cc1)c1ccc(OC)cc1. The lowest BCUT2D eigenvalue weighted by Crippen LogP contribution is -1.84. The predicted molar refractivity (Wildman–Crippen MR) is 81.9 cm³/mol. The molecule has 0 saturated carbocycles. The zero-order chi connectivity index (χ0) is 14.4. The lowest BCUT2D eigenvalue weighted by atomic mass is 10.1. The molecule has 0 aliphatic carbocycles. The Bertz CT molecular complexity index is 641. The molecule has 0 N–H and O–H groups in total. The van der Waals surface area contributed by atoms with Gasteiger partial charge in [-0.2, -0.15) is 0 Å². The molecule has 2 nitrogen and oxygen atoms in total. The van der Waals surface area contributed by atoms with Crippen molar-refractivity contribution in [1.29, 1.82) is 0 Å². The first-order chi connectivity index (χ1) is 9.72. The summed E-state index contributed by atoms with van der Waals surface area (Å²) in [5.74, 6) is 7.80. The van der Waals surface area contributed by atoms with E-state index in [4.69, 9.17) is 9.47 Å². The monoisotopic (exact) mass is 264 g/mol. The van der Waals surface area contributed by atoms with Crippen LogP contribution < -0.4 is 9.47 Å². The van der Waals surface area contributed by atoms with Gasteiger partial charge >= 0.3 is 0 Å². The molecule has 0 amide bonds. The summed E-state index contributed by atoms with van der Waals surface area (Å²) in [6, 6.07) is 15.3. The van der Waals surface area contributed by atoms with Gasteiger partial charge in [-0.15, -0.1) is 0 Å². The van der Waals surface area contributed by atoms with Gasteiger partial charge in [-0.05, 0) is 42.0 Å². The predicted octanol–water partition coefficient (Wildman–Crippen LogP) is 3.77. The summed E-state index contributed by atoms with van der Waals surface area (Å²) >= 11 is 0. The number of hydrogen-bond donors (Lipinski definition) is 0. The fourth-order valence-corrected chi connectivity index (χ4v) is 1.69. The van der Waals surface area contributed by atoms with Gasteiger partial charge in [0.05, 0.1) is 14.2 Å². The highest BCUT2D eigenvalue weighted by Gasteiger charge is 1.96. The molecule has 20 heavy (non-hydrogen) atoms. The summed E-state index contributed by atoms with van der Waals surface area (Å²) in [7, 11) is 3.29. The van der Waals surface area contributed by atoms with E-state index in [0.717, 1.165) is 28.2 Å². The molecule has 0 fully saturated rings. The van der Waals surface area contributed by atoms with Gasteiger partial charge in [0.1, 0.15) is 11.5 Å². The summed E-state index contributed by atoms with van der Waals surface area (Å²) < 4.78 is 10.2. The number of allylic oxidation sites excluding steroid dienone is 1. The number of benzene rings is 2. The van der Waals surface area contributed by atoms with Crippen molar-refractivity contribution < 1.29 is 9.47 Å². The molecule has 0 heterocycles. The first-order valence-corrected chi connectivity index (χ1v) is 6.22. The van der Waals surface area contributed by atoms with E-state index in [1.807, 2.05) is 48.5 Å². The molecular formula is C18H16O2. The largest absolute Gasteiger partial charge is 0.497 e. The van der Waals surface area contributed by atoms with Crippen LogP contribution >= 0.6 is 0 Å². The molecule has 0 aromatic heterocycles. The van der Waals surface area contributed by atoms with Crippen LogP contribution in [-0.4, -0.2) is 14.2 Å². The molecule has 2 aromatic rings. The van der Waals surface area contributed by atoms with E-state index < -0.39 is 0 Å². The topological polar surface area (TPSA) is 18.5 Å². The van der Waals surface area contributed by atoms with Crippen LogP contribution in [0.5, 0.6) is 11.5 Å². The van der Waals surface area contributed by atoms with Crippen LogP contribution in [0.15, 0.2) is 55.1 Å². The maximum atomic E-state index is 5.12. The molecule has 0 saturated heterocycles. The van der Waals surface area contributed by atoms with Crippen molar-refractivity contribution in [2.45, 2.75) is 0 Å². The average molecular weight is 264 g/mol. The van der Waals surface area contributed by atoms with E-state index in [1.54, 1.807) is 14.2 Å². The second-order valence-electron chi connectivity index (χ2n) is 4.19. The summed E-state index contributed by atoms with van der Waals surface area (Å²) in [5, 5.41) is 0. The first kappa shape index (κ1) is 13.8. The van der Waals surface area contributed by atoms with E-state index in [-0.39, 0.29) is 0 Å². The van der Waals surface area contributed by atoms with Gasteiger partial charge in [-0.3, -0.25) is 0 Å². The number of ether oxygens (including phenoxy) is 2. The lowest BCUT2D eigenvalue weighted by Gasteiger charge is -2.01. The van der Waals surface area contributed by atoms with Crippen LogP contribution in [-0.2, 0) is 0 Å². The van der Waals surface area contributed by atoms with E-state index in [9.17, 15) is 0 Å². The molecule has 2 rings (SSSR count). The minimum absolute atomic E-state index is 0.781. The fraction of sp³-hybridized carbons (Fsp3) is 0.111. The van der Waals surface area contributed by atoms with Crippen molar-refractivity contribution in [3.8, 4) is 23.3 Å². The van der Waals surface area contributed by atoms with Crippen molar-refractivity contribution in [2.24, 2.45) is 0 Å².